The summed E-state index contributed by atoms with van der Waals surface area (Å²) in [6.07, 6.45) is 3.10. The molecule has 4 heterocycles. The molecule has 0 radical (unpaired) electrons. The third-order valence-corrected chi connectivity index (χ3v) is 7.07. The van der Waals surface area contributed by atoms with Crippen LogP contribution in [0.5, 0.6) is 5.88 Å². The Bertz CT molecular complexity index is 1680. The molecule has 0 bridgehead atoms. The summed E-state index contributed by atoms with van der Waals surface area (Å²) in [7, 11) is 0. The molecule has 5 aromatic rings. The summed E-state index contributed by atoms with van der Waals surface area (Å²) in [4.78, 5) is 29.8. The third kappa shape index (κ3) is 5.82. The lowest BCUT2D eigenvalue weighted by Gasteiger charge is -2.35. The Morgan fingerprint density at radius 3 is 2.66 bits per heavy atom. The van der Waals surface area contributed by atoms with E-state index in [0.29, 0.717) is 36.1 Å². The van der Waals surface area contributed by atoms with E-state index in [1.54, 1.807) is 42.6 Å². The van der Waals surface area contributed by atoms with Crippen LogP contribution in [0.4, 0.5) is 15.9 Å². The first-order chi connectivity index (χ1) is 19.9. The van der Waals surface area contributed by atoms with Gasteiger partial charge in [-0.05, 0) is 36.4 Å². The molecule has 2 aromatic carbocycles. The van der Waals surface area contributed by atoms with E-state index in [9.17, 15) is 14.3 Å². The van der Waals surface area contributed by atoms with Crippen LogP contribution in [0, 0.1) is 5.82 Å². The predicted molar refractivity (Wildman–Crippen MR) is 149 cm³/mol. The summed E-state index contributed by atoms with van der Waals surface area (Å²) < 4.78 is 27.3. The van der Waals surface area contributed by atoms with Gasteiger partial charge in [-0.3, -0.25) is 4.90 Å². The number of rotatable bonds is 9. The van der Waals surface area contributed by atoms with Crippen molar-refractivity contribution in [1.29, 1.82) is 0 Å². The van der Waals surface area contributed by atoms with Gasteiger partial charge in [0.2, 0.25) is 11.8 Å². The number of aromatic carboxylic acids is 1. The van der Waals surface area contributed by atoms with Crippen LogP contribution < -0.4 is 15.4 Å². The minimum Gasteiger partial charge on any atom is -0.478 e. The fourth-order valence-electron chi connectivity index (χ4n) is 4.90. The van der Waals surface area contributed by atoms with Crippen LogP contribution in [-0.4, -0.2) is 61.7 Å². The van der Waals surface area contributed by atoms with Crippen LogP contribution in [-0.2, 0) is 19.7 Å². The number of hydrogen-bond acceptors (Lipinski definition) is 9. The molecular formula is C29H28FN7O4. The fourth-order valence-corrected chi connectivity index (χ4v) is 4.90. The van der Waals surface area contributed by atoms with Crippen molar-refractivity contribution in [3.8, 4) is 5.88 Å². The number of nitrogens with zero attached hydrogens (tertiary/aromatic N) is 6. The number of hydrogen-bond donors (Lipinski definition) is 2. The van der Waals surface area contributed by atoms with Gasteiger partial charge < -0.3 is 29.5 Å². The van der Waals surface area contributed by atoms with Crippen molar-refractivity contribution in [2.24, 2.45) is 0 Å². The highest BCUT2D eigenvalue weighted by atomic mass is 19.1. The monoisotopic (exact) mass is 557 g/mol. The molecule has 0 aliphatic carbocycles. The summed E-state index contributed by atoms with van der Waals surface area (Å²) in [6, 6.07) is 15.0. The molecule has 1 fully saturated rings. The van der Waals surface area contributed by atoms with Crippen molar-refractivity contribution >= 4 is 28.5 Å². The lowest BCUT2D eigenvalue weighted by molar-refractivity contribution is 0.0697. The minimum atomic E-state index is -0.992. The Kier molecular flexibility index (Phi) is 7.21. The van der Waals surface area contributed by atoms with Crippen LogP contribution in [0.2, 0.25) is 0 Å². The fraction of sp³-hybridized carbons (Fsp3) is 0.241. The first-order valence-electron chi connectivity index (χ1n) is 13.1. The molecule has 11 nitrogen and oxygen atoms in total. The molecule has 41 heavy (non-hydrogen) atoms. The quantitative estimate of drug-likeness (QED) is 0.258. The average Bonchev–Trinajstić information content (AvgIpc) is 3.61. The Hall–Kier alpha value is -4.97. The van der Waals surface area contributed by atoms with Crippen molar-refractivity contribution in [3.63, 3.8) is 0 Å². The second-order valence-corrected chi connectivity index (χ2v) is 9.79. The smallest absolute Gasteiger partial charge is 0.335 e. The molecular weight excluding hydrogens is 529 g/mol. The second kappa shape index (κ2) is 11.3. The zero-order valence-electron chi connectivity index (χ0n) is 22.1. The van der Waals surface area contributed by atoms with Gasteiger partial charge in [0.15, 0.2) is 0 Å². The van der Waals surface area contributed by atoms with E-state index < -0.39 is 11.8 Å². The number of piperazine rings is 1. The molecule has 0 unspecified atom stereocenters. The molecule has 3 aromatic heterocycles. The van der Waals surface area contributed by atoms with Crippen LogP contribution in [0.25, 0.3) is 11.0 Å². The number of halogens is 1. The largest absolute Gasteiger partial charge is 0.478 e. The molecule has 12 heteroatoms. The normalized spacial score (nSPS) is 14.0. The zero-order valence-corrected chi connectivity index (χ0v) is 22.1. The van der Waals surface area contributed by atoms with Crippen molar-refractivity contribution in [3.05, 3.63) is 95.7 Å². The maximum Gasteiger partial charge on any atom is 0.335 e. The van der Waals surface area contributed by atoms with Crippen LogP contribution in [0.3, 0.4) is 0 Å². The van der Waals surface area contributed by atoms with Crippen molar-refractivity contribution < 1.29 is 23.4 Å². The summed E-state index contributed by atoms with van der Waals surface area (Å²) in [5.41, 5.74) is 8.03. The third-order valence-electron chi connectivity index (χ3n) is 7.07. The van der Waals surface area contributed by atoms with E-state index >= 15 is 0 Å². The number of oxazole rings is 1. The molecule has 3 N–H and O–H groups in total. The van der Waals surface area contributed by atoms with Gasteiger partial charge in [-0.25, -0.2) is 19.2 Å². The van der Waals surface area contributed by atoms with E-state index in [2.05, 4.69) is 19.8 Å². The van der Waals surface area contributed by atoms with E-state index in [1.807, 2.05) is 16.7 Å². The van der Waals surface area contributed by atoms with E-state index in [-0.39, 0.29) is 12.2 Å². The summed E-state index contributed by atoms with van der Waals surface area (Å²) in [6.45, 7) is 4.00. The van der Waals surface area contributed by atoms with E-state index in [1.165, 1.54) is 12.3 Å². The highest BCUT2D eigenvalue weighted by Gasteiger charge is 2.22. The molecule has 0 spiro atoms. The van der Waals surface area contributed by atoms with E-state index in [4.69, 9.17) is 19.9 Å². The molecule has 1 saturated heterocycles. The van der Waals surface area contributed by atoms with Gasteiger partial charge >= 0.3 is 5.97 Å². The summed E-state index contributed by atoms with van der Waals surface area (Å²) in [5, 5.41) is 9.49. The van der Waals surface area contributed by atoms with Crippen LogP contribution >= 0.6 is 0 Å². The van der Waals surface area contributed by atoms with Gasteiger partial charge in [-0.1, -0.05) is 12.1 Å². The molecule has 1 aliphatic heterocycles. The van der Waals surface area contributed by atoms with Crippen LogP contribution in [0.15, 0.2) is 71.5 Å². The Labute approximate surface area is 234 Å². The molecule has 6 rings (SSSR count). The van der Waals surface area contributed by atoms with Crippen molar-refractivity contribution in [1.82, 2.24) is 24.4 Å². The van der Waals surface area contributed by atoms with Gasteiger partial charge in [0.25, 0.3) is 0 Å². The zero-order chi connectivity index (χ0) is 28.3. The number of aromatic nitrogens is 4. The Morgan fingerprint density at radius 2 is 1.90 bits per heavy atom. The van der Waals surface area contributed by atoms with Gasteiger partial charge in [0.05, 0.1) is 29.3 Å². The summed E-state index contributed by atoms with van der Waals surface area (Å²) in [5.74, 6) is 1.13. The number of ether oxygens (including phenoxy) is 1. The second-order valence-electron chi connectivity index (χ2n) is 9.79. The van der Waals surface area contributed by atoms with E-state index in [0.717, 1.165) is 48.9 Å². The topological polar surface area (TPSA) is 136 Å². The maximum atomic E-state index is 14.1. The molecule has 0 atom stereocenters. The Balaban J connectivity index is 1.13. The number of nitrogen functional groups attached to an aromatic ring is 1. The van der Waals surface area contributed by atoms with Gasteiger partial charge in [-0.2, -0.15) is 4.98 Å². The summed E-state index contributed by atoms with van der Waals surface area (Å²) >= 11 is 0. The SMILES string of the molecule is Nc1ccc(COc2cccc(N3CCN(Cc4nc5ccc(C(=O)O)cc5n4Cc4ncco4)CC3)n2)c(F)c1. The average molecular weight is 558 g/mol. The highest BCUT2D eigenvalue weighted by molar-refractivity contribution is 5.92. The first kappa shape index (κ1) is 26.3. The predicted octanol–water partition coefficient (Wildman–Crippen LogP) is 3.79. The van der Waals surface area contributed by atoms with Gasteiger partial charge in [-0.15, -0.1) is 0 Å². The Morgan fingerprint density at radius 1 is 1.05 bits per heavy atom. The molecule has 0 saturated carbocycles. The lowest BCUT2D eigenvalue weighted by atomic mass is 10.2. The number of fused-ring (bicyclic) bond motifs is 1. The van der Waals surface area contributed by atoms with Gasteiger partial charge in [0.1, 0.15) is 36.9 Å². The minimum absolute atomic E-state index is 0.0544. The number of benzene rings is 2. The number of imidazole rings is 1. The molecule has 1 aliphatic rings. The lowest BCUT2D eigenvalue weighted by Crippen LogP contribution is -2.46. The molecule has 0 amide bonds. The number of carbonyl (C=O) groups is 1. The van der Waals surface area contributed by atoms with Crippen molar-refractivity contribution in [2.45, 2.75) is 19.7 Å². The number of anilines is 2. The van der Waals surface area contributed by atoms with Crippen LogP contribution in [0.1, 0.15) is 27.6 Å². The highest BCUT2D eigenvalue weighted by Crippen LogP contribution is 2.23. The maximum absolute atomic E-state index is 14.1. The van der Waals surface area contributed by atoms with Crippen molar-refractivity contribution in [2.75, 3.05) is 36.8 Å². The first-order valence-corrected chi connectivity index (χ1v) is 13.1. The number of pyridine rings is 1. The number of nitrogens with two attached hydrogens (primary N) is 1. The standard InChI is InChI=1S/C29H28FN7O4/c30-22-15-21(31)6-4-20(22)18-41-27-3-1-2-25(34-27)36-11-9-35(10-12-36)16-26-33-23-7-5-19(29(38)39)14-24(23)37(26)17-28-32-8-13-40-28/h1-8,13-15H,9-12,16-18,31H2,(H,38,39). The number of carboxylic acid groups (broad SMARTS) is 1. The molecule has 210 valence electrons. The van der Waals surface area contributed by atoms with Gasteiger partial charge in [0, 0.05) is 43.5 Å². The number of carboxylic acids is 1.